The second-order valence-corrected chi connectivity index (χ2v) is 4.73. The van der Waals surface area contributed by atoms with Crippen LogP contribution in [-0.2, 0) is 20.1 Å². The summed E-state index contributed by atoms with van der Waals surface area (Å²) in [6, 6.07) is 2.60. The van der Waals surface area contributed by atoms with Gasteiger partial charge in [-0.1, -0.05) is 0 Å². The Bertz CT molecular complexity index is 554. The van der Waals surface area contributed by atoms with Gasteiger partial charge in [0.15, 0.2) is 0 Å². The van der Waals surface area contributed by atoms with Gasteiger partial charge in [0, 0.05) is 31.5 Å². The third kappa shape index (κ3) is 2.76. The Morgan fingerprint density at radius 2 is 2.11 bits per heavy atom. The predicted octanol–water partition coefficient (Wildman–Crippen LogP) is 2.75. The standard InChI is InChI=1S/C12H12BrF2N3/c1-18-5-4-17-11(18)7-16-6-8-10(14)3-2-9(13)12(8)15/h2-5,16H,6-7H2,1H3. The fraction of sp³-hybridized carbons (Fsp3) is 0.250. The third-order valence-corrected chi connectivity index (χ3v) is 3.26. The van der Waals surface area contributed by atoms with Crippen molar-refractivity contribution in [3.05, 3.63) is 52.0 Å². The molecule has 1 heterocycles. The van der Waals surface area contributed by atoms with Crippen LogP contribution in [0.15, 0.2) is 29.0 Å². The molecule has 0 spiro atoms. The van der Waals surface area contributed by atoms with Gasteiger partial charge in [0.1, 0.15) is 17.5 Å². The predicted molar refractivity (Wildman–Crippen MR) is 67.8 cm³/mol. The Balaban J connectivity index is 2.03. The molecule has 0 aliphatic heterocycles. The normalized spacial score (nSPS) is 10.9. The fourth-order valence-electron chi connectivity index (χ4n) is 1.60. The lowest BCUT2D eigenvalue weighted by Crippen LogP contribution is -2.17. The van der Waals surface area contributed by atoms with Crippen LogP contribution in [0.2, 0.25) is 0 Å². The first-order valence-corrected chi connectivity index (χ1v) is 6.18. The molecule has 18 heavy (non-hydrogen) atoms. The van der Waals surface area contributed by atoms with Crippen LogP contribution in [0.4, 0.5) is 8.78 Å². The molecule has 2 rings (SSSR count). The molecule has 96 valence electrons. The molecule has 0 atom stereocenters. The van der Waals surface area contributed by atoms with E-state index in [1.54, 1.807) is 6.20 Å². The monoisotopic (exact) mass is 315 g/mol. The van der Waals surface area contributed by atoms with E-state index in [2.05, 4.69) is 26.2 Å². The molecule has 0 bridgehead atoms. The van der Waals surface area contributed by atoms with Crippen LogP contribution in [0, 0.1) is 11.6 Å². The number of rotatable bonds is 4. The SMILES string of the molecule is Cn1ccnc1CNCc1c(F)ccc(Br)c1F. The summed E-state index contributed by atoms with van der Waals surface area (Å²) in [6.45, 7) is 0.568. The Labute approximate surface area is 112 Å². The molecule has 1 aromatic heterocycles. The third-order valence-electron chi connectivity index (χ3n) is 2.64. The minimum absolute atomic E-state index is 0.0265. The average Bonchev–Trinajstić information content (AvgIpc) is 2.74. The summed E-state index contributed by atoms with van der Waals surface area (Å²) in [5.41, 5.74) is 0.0265. The Morgan fingerprint density at radius 1 is 1.33 bits per heavy atom. The molecular weight excluding hydrogens is 304 g/mol. The molecule has 3 nitrogen and oxygen atoms in total. The van der Waals surface area contributed by atoms with Crippen molar-refractivity contribution in [3.63, 3.8) is 0 Å². The van der Waals surface area contributed by atoms with Crippen molar-refractivity contribution >= 4 is 15.9 Å². The lowest BCUT2D eigenvalue weighted by molar-refractivity contribution is 0.526. The summed E-state index contributed by atoms with van der Waals surface area (Å²) in [4.78, 5) is 4.11. The van der Waals surface area contributed by atoms with E-state index in [1.165, 1.54) is 12.1 Å². The van der Waals surface area contributed by atoms with Crippen LogP contribution in [0.25, 0.3) is 0 Å². The van der Waals surface area contributed by atoms with E-state index >= 15 is 0 Å². The first kappa shape index (κ1) is 13.2. The van der Waals surface area contributed by atoms with E-state index < -0.39 is 11.6 Å². The van der Waals surface area contributed by atoms with Crippen molar-refractivity contribution in [1.29, 1.82) is 0 Å². The molecule has 2 aromatic rings. The van der Waals surface area contributed by atoms with E-state index in [9.17, 15) is 8.78 Å². The quantitative estimate of drug-likeness (QED) is 0.879. The minimum Gasteiger partial charge on any atom is -0.337 e. The lowest BCUT2D eigenvalue weighted by Gasteiger charge is -2.08. The van der Waals surface area contributed by atoms with E-state index in [0.717, 1.165) is 5.82 Å². The van der Waals surface area contributed by atoms with Gasteiger partial charge >= 0.3 is 0 Å². The molecule has 0 radical (unpaired) electrons. The maximum Gasteiger partial charge on any atom is 0.144 e. The Morgan fingerprint density at radius 3 is 2.78 bits per heavy atom. The number of hydrogen-bond donors (Lipinski definition) is 1. The number of nitrogens with zero attached hydrogens (tertiary/aromatic N) is 2. The van der Waals surface area contributed by atoms with Crippen LogP contribution in [-0.4, -0.2) is 9.55 Å². The van der Waals surface area contributed by atoms with E-state index in [1.807, 2.05) is 17.8 Å². The van der Waals surface area contributed by atoms with Gasteiger partial charge in [0.05, 0.1) is 11.0 Å². The van der Waals surface area contributed by atoms with Crippen LogP contribution in [0.1, 0.15) is 11.4 Å². The highest BCUT2D eigenvalue weighted by atomic mass is 79.9. The summed E-state index contributed by atoms with van der Waals surface area (Å²) in [5.74, 6) is -0.309. The zero-order chi connectivity index (χ0) is 13.1. The van der Waals surface area contributed by atoms with Crippen molar-refractivity contribution in [2.75, 3.05) is 0 Å². The van der Waals surface area contributed by atoms with Gasteiger partial charge in [0.25, 0.3) is 0 Å². The van der Waals surface area contributed by atoms with Crippen LogP contribution in [0.5, 0.6) is 0 Å². The summed E-state index contributed by atoms with van der Waals surface area (Å²) in [6.07, 6.45) is 3.49. The molecule has 0 saturated carbocycles. The number of aryl methyl sites for hydroxylation is 1. The summed E-state index contributed by atoms with van der Waals surface area (Å²) < 4.78 is 29.2. The van der Waals surface area contributed by atoms with Crippen molar-refractivity contribution in [2.45, 2.75) is 13.1 Å². The molecule has 0 unspecified atom stereocenters. The highest BCUT2D eigenvalue weighted by Crippen LogP contribution is 2.21. The van der Waals surface area contributed by atoms with Crippen LogP contribution in [0.3, 0.4) is 0 Å². The summed E-state index contributed by atoms with van der Waals surface area (Å²) in [7, 11) is 1.87. The van der Waals surface area contributed by atoms with Gasteiger partial charge < -0.3 is 9.88 Å². The number of nitrogens with one attached hydrogen (secondary N) is 1. The smallest absolute Gasteiger partial charge is 0.144 e. The molecular formula is C12H12BrF2N3. The van der Waals surface area contributed by atoms with Gasteiger partial charge in [-0.15, -0.1) is 0 Å². The second kappa shape index (κ2) is 5.58. The van der Waals surface area contributed by atoms with Crippen molar-refractivity contribution in [2.24, 2.45) is 7.05 Å². The number of halogens is 3. The van der Waals surface area contributed by atoms with Gasteiger partial charge in [-0.25, -0.2) is 13.8 Å². The van der Waals surface area contributed by atoms with Gasteiger partial charge in [-0.2, -0.15) is 0 Å². The highest BCUT2D eigenvalue weighted by Gasteiger charge is 2.11. The zero-order valence-electron chi connectivity index (χ0n) is 9.75. The second-order valence-electron chi connectivity index (χ2n) is 3.88. The molecule has 0 aliphatic carbocycles. The first-order chi connectivity index (χ1) is 8.59. The Hall–Kier alpha value is -1.27. The molecule has 0 saturated heterocycles. The van der Waals surface area contributed by atoms with Crippen molar-refractivity contribution in [1.82, 2.24) is 14.9 Å². The lowest BCUT2D eigenvalue weighted by atomic mass is 10.2. The molecule has 0 fully saturated rings. The molecule has 1 aromatic carbocycles. The fourth-order valence-corrected chi connectivity index (χ4v) is 1.97. The zero-order valence-corrected chi connectivity index (χ0v) is 11.3. The summed E-state index contributed by atoms with van der Waals surface area (Å²) >= 11 is 3.04. The Kier molecular flexibility index (Phi) is 4.08. The van der Waals surface area contributed by atoms with Gasteiger partial charge in [-0.3, -0.25) is 0 Å². The first-order valence-electron chi connectivity index (χ1n) is 5.39. The minimum atomic E-state index is -0.567. The van der Waals surface area contributed by atoms with Crippen molar-refractivity contribution in [3.8, 4) is 0 Å². The van der Waals surface area contributed by atoms with Crippen molar-refractivity contribution < 1.29 is 8.78 Å². The number of imidazole rings is 1. The maximum absolute atomic E-state index is 13.7. The van der Waals surface area contributed by atoms with Crippen LogP contribution < -0.4 is 5.32 Å². The van der Waals surface area contributed by atoms with Crippen LogP contribution >= 0.6 is 15.9 Å². The van der Waals surface area contributed by atoms with E-state index in [4.69, 9.17) is 0 Å². The topological polar surface area (TPSA) is 29.9 Å². The molecule has 1 N–H and O–H groups in total. The van der Waals surface area contributed by atoms with Gasteiger partial charge in [-0.05, 0) is 28.1 Å². The highest BCUT2D eigenvalue weighted by molar-refractivity contribution is 9.10. The largest absolute Gasteiger partial charge is 0.337 e. The van der Waals surface area contributed by atoms with Gasteiger partial charge in [0.2, 0.25) is 0 Å². The number of aromatic nitrogens is 2. The number of benzene rings is 1. The number of hydrogen-bond acceptors (Lipinski definition) is 2. The van der Waals surface area contributed by atoms with E-state index in [-0.39, 0.29) is 16.6 Å². The summed E-state index contributed by atoms with van der Waals surface area (Å²) in [5, 5.41) is 2.97. The maximum atomic E-state index is 13.7. The van der Waals surface area contributed by atoms with E-state index in [0.29, 0.717) is 6.54 Å². The molecule has 6 heteroatoms. The molecule has 0 aliphatic rings. The average molecular weight is 316 g/mol. The molecule has 0 amide bonds.